The van der Waals surface area contributed by atoms with Gasteiger partial charge in [0.15, 0.2) is 6.61 Å². The molecule has 0 aliphatic heterocycles. The first-order chi connectivity index (χ1) is 13.3. The van der Waals surface area contributed by atoms with E-state index < -0.39 is 29.1 Å². The van der Waals surface area contributed by atoms with E-state index >= 15 is 0 Å². The number of rotatable bonds is 8. The second-order valence-corrected chi connectivity index (χ2v) is 8.83. The van der Waals surface area contributed by atoms with Crippen LogP contribution in [0.2, 0.25) is 0 Å². The quantitative estimate of drug-likeness (QED) is 0.641. The van der Waals surface area contributed by atoms with Gasteiger partial charge in [-0.3, -0.25) is 9.59 Å². The molecule has 2 N–H and O–H groups in total. The highest BCUT2D eigenvalue weighted by Crippen LogP contribution is 2.29. The summed E-state index contributed by atoms with van der Waals surface area (Å²) >= 11 is 0. The van der Waals surface area contributed by atoms with Gasteiger partial charge in [-0.1, -0.05) is 57.0 Å². The maximum atomic E-state index is 12.0. The molecule has 1 aromatic rings. The molecule has 1 saturated carbocycles. The summed E-state index contributed by atoms with van der Waals surface area (Å²) in [6.07, 6.45) is 4.56. The third-order valence-electron chi connectivity index (χ3n) is 5.07. The van der Waals surface area contributed by atoms with Crippen molar-refractivity contribution in [2.75, 3.05) is 13.2 Å². The Kier molecular flexibility index (Phi) is 8.19. The van der Waals surface area contributed by atoms with Crippen LogP contribution in [0.25, 0.3) is 6.08 Å². The highest BCUT2D eigenvalue weighted by atomic mass is 32.2. The van der Waals surface area contributed by atoms with Crippen LogP contribution in [0.4, 0.5) is 0 Å². The Morgan fingerprint density at radius 3 is 2.61 bits per heavy atom. The molecule has 8 heteroatoms. The molecule has 1 aromatic carbocycles. The Bertz CT molecular complexity index is 792. The van der Waals surface area contributed by atoms with Crippen molar-refractivity contribution in [3.05, 3.63) is 41.3 Å². The van der Waals surface area contributed by atoms with E-state index in [0.29, 0.717) is 11.8 Å². The molecule has 1 fully saturated rings. The van der Waals surface area contributed by atoms with Gasteiger partial charge in [0, 0.05) is 11.4 Å². The molecule has 0 aromatic heterocycles. The molecule has 0 spiro atoms. The summed E-state index contributed by atoms with van der Waals surface area (Å²) in [4.78, 5) is 23.7. The molecule has 28 heavy (non-hydrogen) atoms. The van der Waals surface area contributed by atoms with Crippen LogP contribution in [-0.2, 0) is 24.3 Å². The monoisotopic (exact) mass is 408 g/mol. The molecule has 1 amide bonds. The van der Waals surface area contributed by atoms with E-state index in [1.165, 1.54) is 6.08 Å². The highest BCUT2D eigenvalue weighted by Gasteiger charge is 2.28. The number of carbonyl (C=O) groups is 2. The number of ether oxygens (including phenoxy) is 1. The summed E-state index contributed by atoms with van der Waals surface area (Å²) in [5.41, 5.74) is 0.721. The van der Waals surface area contributed by atoms with Gasteiger partial charge in [0.2, 0.25) is 10.0 Å². The van der Waals surface area contributed by atoms with Gasteiger partial charge >= 0.3 is 5.97 Å². The standard InChI is InChI=1S/C20H28N2O5S/c1-15-7-6-10-18(16(15)2)22-19(23)14-27-20(24)13-21-28(25,26)12-11-17-8-4-3-5-9-17/h3-5,8-9,11-12,15-16,18,21H,6-7,10,13-14H2,1-2H3,(H,22,23)/b12-11+. The first kappa shape index (κ1) is 22.1. The third kappa shape index (κ3) is 7.44. The maximum absolute atomic E-state index is 12.0. The number of amides is 1. The Morgan fingerprint density at radius 1 is 1.18 bits per heavy atom. The molecule has 154 valence electrons. The minimum atomic E-state index is -3.78. The van der Waals surface area contributed by atoms with Crippen LogP contribution in [0, 0.1) is 11.8 Å². The maximum Gasteiger partial charge on any atom is 0.321 e. The zero-order chi connectivity index (χ0) is 20.6. The number of sulfonamides is 1. The van der Waals surface area contributed by atoms with E-state index in [4.69, 9.17) is 4.74 Å². The average Bonchev–Trinajstić information content (AvgIpc) is 2.68. The molecule has 1 aliphatic rings. The Morgan fingerprint density at radius 2 is 1.89 bits per heavy atom. The third-order valence-corrected chi connectivity index (χ3v) is 6.12. The highest BCUT2D eigenvalue weighted by molar-refractivity contribution is 7.92. The van der Waals surface area contributed by atoms with Gasteiger partial charge < -0.3 is 10.1 Å². The van der Waals surface area contributed by atoms with Gasteiger partial charge in [-0.25, -0.2) is 13.1 Å². The van der Waals surface area contributed by atoms with E-state index in [0.717, 1.165) is 30.2 Å². The largest absolute Gasteiger partial charge is 0.455 e. The molecular formula is C20H28N2O5S. The lowest BCUT2D eigenvalue weighted by Crippen LogP contribution is -2.45. The normalized spacial score (nSPS) is 22.7. The molecule has 2 rings (SSSR count). The van der Waals surface area contributed by atoms with E-state index in [1.807, 2.05) is 6.07 Å². The number of nitrogens with one attached hydrogen (secondary N) is 2. The zero-order valence-electron chi connectivity index (χ0n) is 16.3. The average molecular weight is 409 g/mol. The number of carbonyl (C=O) groups excluding carboxylic acids is 2. The fourth-order valence-electron chi connectivity index (χ4n) is 3.17. The lowest BCUT2D eigenvalue weighted by Gasteiger charge is -2.34. The van der Waals surface area contributed by atoms with Crippen LogP contribution >= 0.6 is 0 Å². The second-order valence-electron chi connectivity index (χ2n) is 7.18. The Balaban J connectivity index is 1.71. The smallest absolute Gasteiger partial charge is 0.321 e. The molecular weight excluding hydrogens is 380 g/mol. The first-order valence-electron chi connectivity index (χ1n) is 9.44. The summed E-state index contributed by atoms with van der Waals surface area (Å²) in [5.74, 6) is -0.264. The first-order valence-corrected chi connectivity index (χ1v) is 11.0. The summed E-state index contributed by atoms with van der Waals surface area (Å²) in [6.45, 7) is 3.32. The van der Waals surface area contributed by atoms with Gasteiger partial charge in [0.25, 0.3) is 5.91 Å². The molecule has 0 bridgehead atoms. The van der Waals surface area contributed by atoms with Gasteiger partial charge in [0.05, 0.1) is 0 Å². The van der Waals surface area contributed by atoms with Crippen molar-refractivity contribution >= 4 is 28.0 Å². The fraction of sp³-hybridized carbons (Fsp3) is 0.500. The van der Waals surface area contributed by atoms with Crippen LogP contribution in [0.3, 0.4) is 0 Å². The van der Waals surface area contributed by atoms with E-state index in [9.17, 15) is 18.0 Å². The molecule has 7 nitrogen and oxygen atoms in total. The SMILES string of the molecule is CC1CCCC(NC(=O)COC(=O)CNS(=O)(=O)/C=C/c2ccccc2)C1C. The van der Waals surface area contributed by atoms with Gasteiger partial charge in [-0.15, -0.1) is 0 Å². The summed E-state index contributed by atoms with van der Waals surface area (Å²) < 4.78 is 30.8. The molecule has 1 aliphatic carbocycles. The van der Waals surface area contributed by atoms with Crippen LogP contribution in [0.1, 0.15) is 38.7 Å². The van der Waals surface area contributed by atoms with Crippen LogP contribution in [0.5, 0.6) is 0 Å². The van der Waals surface area contributed by atoms with Crippen molar-refractivity contribution in [2.24, 2.45) is 11.8 Å². The van der Waals surface area contributed by atoms with Gasteiger partial charge in [-0.05, 0) is 29.9 Å². The van der Waals surface area contributed by atoms with Crippen molar-refractivity contribution in [1.29, 1.82) is 0 Å². The molecule has 0 heterocycles. The molecule has 0 radical (unpaired) electrons. The van der Waals surface area contributed by atoms with E-state index in [-0.39, 0.29) is 11.9 Å². The number of hydrogen-bond donors (Lipinski definition) is 2. The van der Waals surface area contributed by atoms with E-state index in [1.54, 1.807) is 24.3 Å². The van der Waals surface area contributed by atoms with Crippen LogP contribution in [-0.4, -0.2) is 39.5 Å². The Hall–Kier alpha value is -2.19. The lowest BCUT2D eigenvalue weighted by molar-refractivity contribution is -0.147. The van der Waals surface area contributed by atoms with Crippen molar-refractivity contribution in [3.63, 3.8) is 0 Å². The summed E-state index contributed by atoms with van der Waals surface area (Å²) in [7, 11) is -3.78. The zero-order valence-corrected chi connectivity index (χ0v) is 17.1. The number of esters is 1. The van der Waals surface area contributed by atoms with E-state index in [2.05, 4.69) is 23.9 Å². The van der Waals surface area contributed by atoms with Crippen molar-refractivity contribution in [2.45, 2.75) is 39.2 Å². The topological polar surface area (TPSA) is 102 Å². The van der Waals surface area contributed by atoms with Crippen molar-refractivity contribution in [1.82, 2.24) is 10.0 Å². The van der Waals surface area contributed by atoms with Crippen LogP contribution < -0.4 is 10.0 Å². The minimum Gasteiger partial charge on any atom is -0.455 e. The number of hydrogen-bond acceptors (Lipinski definition) is 5. The number of benzene rings is 1. The lowest BCUT2D eigenvalue weighted by atomic mass is 9.78. The molecule has 3 unspecified atom stereocenters. The Labute approximate surface area is 166 Å². The van der Waals surface area contributed by atoms with Crippen LogP contribution in [0.15, 0.2) is 35.7 Å². The predicted molar refractivity (Wildman–Crippen MR) is 107 cm³/mol. The second kappa shape index (κ2) is 10.4. The van der Waals surface area contributed by atoms with Crippen molar-refractivity contribution in [3.8, 4) is 0 Å². The van der Waals surface area contributed by atoms with Crippen molar-refractivity contribution < 1.29 is 22.7 Å². The van der Waals surface area contributed by atoms with Gasteiger partial charge in [-0.2, -0.15) is 0 Å². The molecule has 0 saturated heterocycles. The fourth-order valence-corrected chi connectivity index (χ4v) is 3.92. The predicted octanol–water partition coefficient (Wildman–Crippen LogP) is 2.06. The van der Waals surface area contributed by atoms with Gasteiger partial charge in [0.1, 0.15) is 6.54 Å². The summed E-state index contributed by atoms with van der Waals surface area (Å²) in [5, 5.41) is 3.88. The molecule has 3 atom stereocenters. The minimum absolute atomic E-state index is 0.0802. The summed E-state index contributed by atoms with van der Waals surface area (Å²) in [6, 6.07) is 9.00.